The van der Waals surface area contributed by atoms with Gasteiger partial charge in [0.05, 0.1) is 0 Å². The maximum Gasteiger partial charge on any atom is -0.0184 e. The van der Waals surface area contributed by atoms with Crippen molar-refractivity contribution in [3.63, 3.8) is 0 Å². The average Bonchev–Trinajstić information content (AvgIpc) is 1.63. The van der Waals surface area contributed by atoms with Crippen LogP contribution in [0.25, 0.3) is 0 Å². The van der Waals surface area contributed by atoms with Crippen molar-refractivity contribution in [1.82, 2.24) is 0 Å². The molecule has 0 aromatic carbocycles. The van der Waals surface area contributed by atoms with Gasteiger partial charge in [-0.25, -0.2) is 0 Å². The summed E-state index contributed by atoms with van der Waals surface area (Å²) in [5.41, 5.74) is 2.80. The van der Waals surface area contributed by atoms with E-state index in [1.807, 2.05) is 6.08 Å². The lowest BCUT2D eigenvalue weighted by atomic mass is 9.99. The van der Waals surface area contributed by atoms with E-state index >= 15 is 0 Å². The molecule has 1 atom stereocenters. The summed E-state index contributed by atoms with van der Waals surface area (Å²) in [6.45, 7) is 10.2. The van der Waals surface area contributed by atoms with Gasteiger partial charge in [-0.05, 0) is 24.3 Å². The molecule has 0 aromatic rings. The molecule has 0 spiro atoms. The van der Waals surface area contributed by atoms with Crippen molar-refractivity contribution in [2.45, 2.75) is 27.2 Å². The van der Waals surface area contributed by atoms with E-state index in [-0.39, 0.29) is 0 Å². The van der Waals surface area contributed by atoms with Crippen LogP contribution in [0.1, 0.15) is 27.2 Å². The summed E-state index contributed by atoms with van der Waals surface area (Å²) in [7, 11) is 0. The fraction of sp³-hybridized carbons (Fsp3) is 0.667. The van der Waals surface area contributed by atoms with Crippen LogP contribution in [-0.2, 0) is 0 Å². The van der Waals surface area contributed by atoms with Gasteiger partial charge in [0.1, 0.15) is 0 Å². The minimum Gasteiger partial charge on any atom is -0.133 e. The largest absolute Gasteiger partial charge is 0.133 e. The summed E-state index contributed by atoms with van der Waals surface area (Å²) in [5, 5.41) is 0. The molecule has 0 saturated heterocycles. The molecule has 0 aliphatic rings. The predicted molar refractivity (Wildman–Crippen MR) is 42.3 cm³/mol. The van der Waals surface area contributed by atoms with Gasteiger partial charge in [0.25, 0.3) is 0 Å². The fourth-order valence-electron chi connectivity index (χ4n) is 1.01. The first kappa shape index (κ1) is 8.52. The Balaban J connectivity index is 3.49. The van der Waals surface area contributed by atoms with Crippen LogP contribution in [0, 0.1) is 11.8 Å². The van der Waals surface area contributed by atoms with Crippen molar-refractivity contribution < 1.29 is 0 Å². The molecule has 0 bridgehead atoms. The molecule has 1 unspecified atom stereocenters. The zero-order valence-corrected chi connectivity index (χ0v) is 6.65. The molecular formula is C9H16. The molecule has 0 aliphatic carbocycles. The standard InChI is InChI=1S/C9H16/c1-5-6-9(4)7-8(2)3/h6,8-9H,1,7H2,2-4H3. The lowest BCUT2D eigenvalue weighted by Crippen LogP contribution is -1.95. The monoisotopic (exact) mass is 124 g/mol. The molecule has 0 aliphatic heterocycles. The maximum atomic E-state index is 3.53. The summed E-state index contributed by atoms with van der Waals surface area (Å²) in [5.74, 6) is 1.42. The van der Waals surface area contributed by atoms with E-state index in [2.05, 4.69) is 33.1 Å². The molecule has 0 heteroatoms. The van der Waals surface area contributed by atoms with Crippen LogP contribution in [0.15, 0.2) is 18.4 Å². The van der Waals surface area contributed by atoms with Crippen LogP contribution in [0.4, 0.5) is 0 Å². The third-order valence-electron chi connectivity index (χ3n) is 1.25. The molecule has 0 fully saturated rings. The average molecular weight is 124 g/mol. The van der Waals surface area contributed by atoms with E-state index in [1.54, 1.807) is 0 Å². The van der Waals surface area contributed by atoms with Crippen molar-refractivity contribution in [3.8, 4) is 0 Å². The zero-order valence-electron chi connectivity index (χ0n) is 6.65. The van der Waals surface area contributed by atoms with Crippen LogP contribution in [0.2, 0.25) is 0 Å². The van der Waals surface area contributed by atoms with E-state index in [9.17, 15) is 0 Å². The van der Waals surface area contributed by atoms with Crippen molar-refractivity contribution in [2.24, 2.45) is 11.8 Å². The van der Waals surface area contributed by atoms with Crippen LogP contribution in [-0.4, -0.2) is 0 Å². The van der Waals surface area contributed by atoms with Gasteiger partial charge in [0.2, 0.25) is 0 Å². The molecule has 52 valence electrons. The SMILES string of the molecule is C=C=CC(C)CC(C)C. The topological polar surface area (TPSA) is 0 Å². The minimum atomic E-state index is 0.641. The Kier molecular flexibility index (Phi) is 4.17. The molecule has 0 nitrogen and oxygen atoms in total. The van der Waals surface area contributed by atoms with Crippen LogP contribution in [0.3, 0.4) is 0 Å². The molecule has 0 aromatic heterocycles. The molecule has 0 rings (SSSR count). The van der Waals surface area contributed by atoms with Gasteiger partial charge in [-0.2, -0.15) is 0 Å². The second kappa shape index (κ2) is 4.40. The van der Waals surface area contributed by atoms with E-state index in [1.165, 1.54) is 6.42 Å². The van der Waals surface area contributed by atoms with Crippen molar-refractivity contribution in [2.75, 3.05) is 0 Å². The van der Waals surface area contributed by atoms with Gasteiger partial charge in [-0.1, -0.05) is 27.4 Å². The Bertz CT molecular complexity index is 105. The van der Waals surface area contributed by atoms with Crippen LogP contribution >= 0.6 is 0 Å². The lowest BCUT2D eigenvalue weighted by molar-refractivity contribution is 0.503. The predicted octanol–water partition coefficient (Wildman–Crippen LogP) is 3.01. The summed E-state index contributed by atoms with van der Waals surface area (Å²) >= 11 is 0. The number of rotatable bonds is 3. The third kappa shape index (κ3) is 5.39. The van der Waals surface area contributed by atoms with Gasteiger partial charge >= 0.3 is 0 Å². The Hall–Kier alpha value is -0.480. The van der Waals surface area contributed by atoms with Crippen molar-refractivity contribution in [1.29, 1.82) is 0 Å². The Morgan fingerprint density at radius 1 is 1.44 bits per heavy atom. The van der Waals surface area contributed by atoms with E-state index < -0.39 is 0 Å². The molecule has 9 heavy (non-hydrogen) atoms. The van der Waals surface area contributed by atoms with Crippen LogP contribution in [0.5, 0.6) is 0 Å². The van der Waals surface area contributed by atoms with E-state index in [4.69, 9.17) is 0 Å². The highest BCUT2D eigenvalue weighted by Crippen LogP contribution is 2.10. The van der Waals surface area contributed by atoms with Gasteiger partial charge in [-0.3, -0.25) is 0 Å². The Morgan fingerprint density at radius 3 is 2.33 bits per heavy atom. The molecule has 0 N–H and O–H groups in total. The normalized spacial score (nSPS) is 12.9. The van der Waals surface area contributed by atoms with Gasteiger partial charge in [-0.15, -0.1) is 5.73 Å². The summed E-state index contributed by atoms with van der Waals surface area (Å²) < 4.78 is 0. The Labute approximate surface area is 58.3 Å². The highest BCUT2D eigenvalue weighted by molar-refractivity contribution is 4.81. The number of hydrogen-bond donors (Lipinski definition) is 0. The summed E-state index contributed by atoms with van der Waals surface area (Å²) in [6, 6.07) is 0. The second-order valence-corrected chi connectivity index (χ2v) is 2.98. The highest BCUT2D eigenvalue weighted by atomic mass is 14.0. The first-order valence-corrected chi connectivity index (χ1v) is 3.52. The van der Waals surface area contributed by atoms with Crippen molar-refractivity contribution in [3.05, 3.63) is 18.4 Å². The highest BCUT2D eigenvalue weighted by Gasteiger charge is 1.98. The van der Waals surface area contributed by atoms with Gasteiger partial charge in [0, 0.05) is 0 Å². The lowest BCUT2D eigenvalue weighted by Gasteiger charge is -2.06. The summed E-state index contributed by atoms with van der Waals surface area (Å²) in [6.07, 6.45) is 3.27. The first-order chi connectivity index (χ1) is 4.16. The quantitative estimate of drug-likeness (QED) is 0.507. The molecule has 0 heterocycles. The molecule has 0 saturated carbocycles. The molecule has 0 radical (unpaired) electrons. The second-order valence-electron chi connectivity index (χ2n) is 2.98. The fourth-order valence-corrected chi connectivity index (χ4v) is 1.01. The molecular weight excluding hydrogens is 108 g/mol. The van der Waals surface area contributed by atoms with E-state index in [0.717, 1.165) is 5.92 Å². The van der Waals surface area contributed by atoms with E-state index in [0.29, 0.717) is 5.92 Å². The van der Waals surface area contributed by atoms with Crippen molar-refractivity contribution >= 4 is 0 Å². The van der Waals surface area contributed by atoms with Crippen LogP contribution < -0.4 is 0 Å². The summed E-state index contributed by atoms with van der Waals surface area (Å²) in [4.78, 5) is 0. The first-order valence-electron chi connectivity index (χ1n) is 3.52. The maximum absolute atomic E-state index is 3.53. The number of allylic oxidation sites excluding steroid dienone is 1. The third-order valence-corrected chi connectivity index (χ3v) is 1.25. The van der Waals surface area contributed by atoms with Gasteiger partial charge in [0.15, 0.2) is 0 Å². The van der Waals surface area contributed by atoms with Gasteiger partial charge < -0.3 is 0 Å². The minimum absolute atomic E-state index is 0.641. The molecule has 0 amide bonds. The number of hydrogen-bond acceptors (Lipinski definition) is 0. The zero-order chi connectivity index (χ0) is 7.28. The Morgan fingerprint density at radius 2 is 2.00 bits per heavy atom. The smallest absolute Gasteiger partial charge is 0.0184 e.